The Balaban J connectivity index is 1.51. The van der Waals surface area contributed by atoms with Gasteiger partial charge in [-0.05, 0) is 55.5 Å². The van der Waals surface area contributed by atoms with Gasteiger partial charge in [0.15, 0.2) is 5.92 Å². The fourth-order valence-electron chi connectivity index (χ4n) is 3.43. The molecule has 0 saturated carbocycles. The fraction of sp³-hybridized carbons (Fsp3) is 0.174. The monoisotopic (exact) mass is 466 g/mol. The van der Waals surface area contributed by atoms with Crippen molar-refractivity contribution in [2.24, 2.45) is 11.0 Å². The van der Waals surface area contributed by atoms with Crippen LogP contribution in [0.15, 0.2) is 81.3 Å². The van der Waals surface area contributed by atoms with Crippen LogP contribution in [0.2, 0.25) is 0 Å². The first-order chi connectivity index (χ1) is 15.7. The second-order valence-electron chi connectivity index (χ2n) is 7.65. The number of sulfonamides is 1. The lowest BCUT2D eigenvalue weighted by atomic mass is 10.0. The van der Waals surface area contributed by atoms with Crippen LogP contribution < -0.4 is 10.3 Å². The van der Waals surface area contributed by atoms with E-state index in [4.69, 9.17) is 4.42 Å². The standard InChI is InChI=1S/C23H22N4O5S/c1-15-21(22(28)24-17-7-4-6-16(14-17)20-8-5-13-32-20)23(29)27(25-15)18-9-11-19(12-10-18)33(30,31)26(2)3/h4-14,21H,1-3H3,(H,24,28). The zero-order valence-electron chi connectivity index (χ0n) is 18.2. The highest BCUT2D eigenvalue weighted by atomic mass is 32.2. The molecule has 1 unspecified atom stereocenters. The smallest absolute Gasteiger partial charge is 0.265 e. The number of nitrogens with one attached hydrogen (secondary N) is 1. The van der Waals surface area contributed by atoms with Crippen LogP contribution in [0.1, 0.15) is 6.92 Å². The Bertz CT molecular complexity index is 1330. The molecule has 1 aromatic heterocycles. The molecular formula is C23H22N4O5S. The zero-order chi connectivity index (χ0) is 23.8. The number of rotatable bonds is 6. The summed E-state index contributed by atoms with van der Waals surface area (Å²) in [4.78, 5) is 26.0. The number of benzene rings is 2. The SMILES string of the molecule is CC1=NN(c2ccc(S(=O)(=O)N(C)C)cc2)C(=O)C1C(=O)Nc1cccc(-c2ccco2)c1. The van der Waals surface area contributed by atoms with Crippen LogP contribution in [0, 0.1) is 5.92 Å². The molecule has 1 atom stereocenters. The van der Waals surface area contributed by atoms with E-state index in [9.17, 15) is 18.0 Å². The lowest BCUT2D eigenvalue weighted by Crippen LogP contribution is -2.36. The van der Waals surface area contributed by atoms with Gasteiger partial charge in [0.05, 0.1) is 22.6 Å². The molecule has 1 aliphatic rings. The van der Waals surface area contributed by atoms with Crippen molar-refractivity contribution in [3.05, 3.63) is 66.9 Å². The highest BCUT2D eigenvalue weighted by molar-refractivity contribution is 7.89. The van der Waals surface area contributed by atoms with E-state index in [0.29, 0.717) is 22.8 Å². The second-order valence-corrected chi connectivity index (χ2v) is 9.80. The first kappa shape index (κ1) is 22.4. The number of nitrogens with zero attached hydrogens (tertiary/aromatic N) is 3. The summed E-state index contributed by atoms with van der Waals surface area (Å²) in [6.45, 7) is 1.60. The Morgan fingerprint density at radius 1 is 1.09 bits per heavy atom. The number of hydrogen-bond acceptors (Lipinski definition) is 6. The van der Waals surface area contributed by atoms with Crippen molar-refractivity contribution in [2.45, 2.75) is 11.8 Å². The van der Waals surface area contributed by atoms with Gasteiger partial charge in [0.1, 0.15) is 5.76 Å². The van der Waals surface area contributed by atoms with Gasteiger partial charge in [-0.3, -0.25) is 9.59 Å². The van der Waals surface area contributed by atoms with Gasteiger partial charge in [0, 0.05) is 25.3 Å². The van der Waals surface area contributed by atoms with Gasteiger partial charge in [-0.1, -0.05) is 12.1 Å². The molecule has 1 N–H and O–H groups in total. The molecule has 0 radical (unpaired) electrons. The largest absolute Gasteiger partial charge is 0.464 e. The number of amides is 2. The van der Waals surface area contributed by atoms with Crippen molar-refractivity contribution >= 4 is 38.9 Å². The minimum absolute atomic E-state index is 0.0920. The normalized spacial score (nSPS) is 16.2. The molecule has 3 aromatic rings. The molecule has 4 rings (SSSR count). The van der Waals surface area contributed by atoms with Gasteiger partial charge in [-0.2, -0.15) is 10.1 Å². The Morgan fingerprint density at radius 2 is 1.82 bits per heavy atom. The van der Waals surface area contributed by atoms with Crippen LogP contribution in [0.5, 0.6) is 0 Å². The van der Waals surface area contributed by atoms with Crippen LogP contribution in [0.4, 0.5) is 11.4 Å². The molecule has 0 saturated heterocycles. The van der Waals surface area contributed by atoms with Gasteiger partial charge in [-0.15, -0.1) is 0 Å². The Kier molecular flexibility index (Phi) is 5.88. The number of carbonyl (C=O) groups is 2. The summed E-state index contributed by atoms with van der Waals surface area (Å²) in [5.74, 6) is -1.46. The van der Waals surface area contributed by atoms with E-state index in [1.54, 1.807) is 37.5 Å². The van der Waals surface area contributed by atoms with Crippen LogP contribution in [0.3, 0.4) is 0 Å². The van der Waals surface area contributed by atoms with Crippen LogP contribution in [-0.4, -0.2) is 44.3 Å². The van der Waals surface area contributed by atoms with E-state index in [1.165, 1.54) is 38.4 Å². The fourth-order valence-corrected chi connectivity index (χ4v) is 4.33. The van der Waals surface area contributed by atoms with Crippen LogP contribution in [-0.2, 0) is 19.6 Å². The summed E-state index contributed by atoms with van der Waals surface area (Å²) in [5.41, 5.74) is 2.01. The van der Waals surface area contributed by atoms with Gasteiger partial charge in [0.25, 0.3) is 5.91 Å². The molecule has 0 spiro atoms. The highest BCUT2D eigenvalue weighted by Crippen LogP contribution is 2.28. The van der Waals surface area contributed by atoms with Gasteiger partial charge in [0.2, 0.25) is 15.9 Å². The van der Waals surface area contributed by atoms with Crippen LogP contribution in [0.25, 0.3) is 11.3 Å². The molecule has 170 valence electrons. The van der Waals surface area contributed by atoms with Gasteiger partial charge < -0.3 is 9.73 Å². The number of hydrazone groups is 1. The van der Waals surface area contributed by atoms with Crippen molar-refractivity contribution < 1.29 is 22.4 Å². The maximum absolute atomic E-state index is 13.0. The van der Waals surface area contributed by atoms with Gasteiger partial charge >= 0.3 is 0 Å². The van der Waals surface area contributed by atoms with E-state index in [2.05, 4.69) is 10.4 Å². The molecule has 2 heterocycles. The summed E-state index contributed by atoms with van der Waals surface area (Å²) < 4.78 is 31.0. The number of furan rings is 1. The molecule has 9 nitrogen and oxygen atoms in total. The average Bonchev–Trinajstić information content (AvgIpc) is 3.42. The topological polar surface area (TPSA) is 112 Å². The van der Waals surface area contributed by atoms with Crippen molar-refractivity contribution in [1.82, 2.24) is 4.31 Å². The molecule has 10 heteroatoms. The lowest BCUT2D eigenvalue weighted by Gasteiger charge is -2.16. The lowest BCUT2D eigenvalue weighted by molar-refractivity contribution is -0.127. The molecule has 33 heavy (non-hydrogen) atoms. The van der Waals surface area contributed by atoms with E-state index in [-0.39, 0.29) is 4.90 Å². The summed E-state index contributed by atoms with van der Waals surface area (Å²) in [6.07, 6.45) is 1.56. The molecule has 0 bridgehead atoms. The molecule has 0 aliphatic carbocycles. The van der Waals surface area contributed by atoms with E-state index < -0.39 is 27.8 Å². The third kappa shape index (κ3) is 4.30. The first-order valence-corrected chi connectivity index (χ1v) is 11.5. The quantitative estimate of drug-likeness (QED) is 0.561. The number of anilines is 2. The third-order valence-electron chi connectivity index (χ3n) is 5.19. The Morgan fingerprint density at radius 3 is 2.45 bits per heavy atom. The summed E-state index contributed by atoms with van der Waals surface area (Å²) >= 11 is 0. The van der Waals surface area contributed by atoms with E-state index in [0.717, 1.165) is 14.9 Å². The van der Waals surface area contributed by atoms with Crippen molar-refractivity contribution in [3.8, 4) is 11.3 Å². The van der Waals surface area contributed by atoms with Crippen molar-refractivity contribution in [1.29, 1.82) is 0 Å². The zero-order valence-corrected chi connectivity index (χ0v) is 19.0. The molecule has 0 fully saturated rings. The highest BCUT2D eigenvalue weighted by Gasteiger charge is 2.40. The molecule has 2 amide bonds. The maximum atomic E-state index is 13.0. The molecular weight excluding hydrogens is 444 g/mol. The Labute approximate surface area is 191 Å². The predicted octanol–water partition coefficient (Wildman–Crippen LogP) is 3.17. The summed E-state index contributed by atoms with van der Waals surface area (Å²) in [7, 11) is -0.719. The second kappa shape index (κ2) is 8.64. The summed E-state index contributed by atoms with van der Waals surface area (Å²) in [6, 6.07) is 16.5. The first-order valence-electron chi connectivity index (χ1n) is 10.0. The minimum atomic E-state index is -3.60. The average molecular weight is 467 g/mol. The van der Waals surface area contributed by atoms with Crippen molar-refractivity contribution in [2.75, 3.05) is 24.4 Å². The molecule has 2 aromatic carbocycles. The van der Waals surface area contributed by atoms with Gasteiger partial charge in [-0.25, -0.2) is 12.7 Å². The maximum Gasteiger partial charge on any atom is 0.265 e. The molecule has 1 aliphatic heterocycles. The predicted molar refractivity (Wildman–Crippen MR) is 124 cm³/mol. The third-order valence-corrected chi connectivity index (χ3v) is 7.02. The van der Waals surface area contributed by atoms with E-state index >= 15 is 0 Å². The van der Waals surface area contributed by atoms with E-state index in [1.807, 2.05) is 12.1 Å². The minimum Gasteiger partial charge on any atom is -0.464 e. The summed E-state index contributed by atoms with van der Waals surface area (Å²) in [5, 5.41) is 8.12. The Hall–Kier alpha value is -3.76. The number of hydrogen-bond donors (Lipinski definition) is 1. The van der Waals surface area contributed by atoms with Crippen LogP contribution >= 0.6 is 0 Å². The number of carbonyl (C=O) groups excluding carboxylic acids is 2. The van der Waals surface area contributed by atoms with Crippen molar-refractivity contribution in [3.63, 3.8) is 0 Å².